The first-order valence-electron chi connectivity index (χ1n) is 12.4. The molecule has 3 aliphatic rings. The van der Waals surface area contributed by atoms with Crippen LogP contribution < -0.4 is 15.0 Å². The number of methoxy groups -OCH3 is 1. The normalized spacial score (nSPS) is 21.4. The molecule has 184 valence electrons. The molecule has 3 amide bonds. The molecule has 8 heteroatoms. The molecule has 3 fully saturated rings. The van der Waals surface area contributed by atoms with Crippen molar-refractivity contribution < 1.29 is 18.7 Å². The number of hydrogen-bond acceptors (Lipinski definition) is 4. The van der Waals surface area contributed by atoms with Crippen LogP contribution >= 0.6 is 0 Å². The van der Waals surface area contributed by atoms with Gasteiger partial charge in [-0.05, 0) is 49.9 Å². The largest absolute Gasteiger partial charge is 0.497 e. The van der Waals surface area contributed by atoms with Gasteiger partial charge in [-0.15, -0.1) is 0 Å². The fourth-order valence-corrected chi connectivity index (χ4v) is 5.58. The van der Waals surface area contributed by atoms with Crippen LogP contribution in [0.3, 0.4) is 0 Å². The number of amidine groups is 1. The first kappa shape index (κ1) is 23.3. The summed E-state index contributed by atoms with van der Waals surface area (Å²) in [6.45, 7) is 0.790. The SMILES string of the molecule is COc1cccc(N2C(=O)NC(=NC3CCCCC3)C23CCN(C(=O)c2ccccc2F)CC3)c1. The molecule has 0 atom stereocenters. The van der Waals surface area contributed by atoms with Gasteiger partial charge in [-0.2, -0.15) is 0 Å². The number of nitrogens with one attached hydrogen (secondary N) is 1. The Morgan fingerprint density at radius 2 is 1.83 bits per heavy atom. The van der Waals surface area contributed by atoms with Crippen molar-refractivity contribution in [1.82, 2.24) is 10.2 Å². The zero-order valence-electron chi connectivity index (χ0n) is 20.0. The van der Waals surface area contributed by atoms with Gasteiger partial charge >= 0.3 is 6.03 Å². The van der Waals surface area contributed by atoms with Crippen molar-refractivity contribution in [2.75, 3.05) is 25.1 Å². The van der Waals surface area contributed by atoms with Crippen molar-refractivity contribution in [2.45, 2.75) is 56.5 Å². The molecule has 0 radical (unpaired) electrons. The lowest BCUT2D eigenvalue weighted by atomic mass is 9.84. The molecule has 35 heavy (non-hydrogen) atoms. The van der Waals surface area contributed by atoms with Crippen molar-refractivity contribution in [3.63, 3.8) is 0 Å². The highest BCUT2D eigenvalue weighted by Gasteiger charge is 2.53. The number of benzene rings is 2. The van der Waals surface area contributed by atoms with E-state index in [1.54, 1.807) is 29.0 Å². The quantitative estimate of drug-likeness (QED) is 0.688. The second kappa shape index (κ2) is 9.68. The fourth-order valence-electron chi connectivity index (χ4n) is 5.58. The minimum absolute atomic E-state index is 0.0739. The van der Waals surface area contributed by atoms with Crippen LogP contribution in [0.4, 0.5) is 14.9 Å². The second-order valence-corrected chi connectivity index (χ2v) is 9.54. The van der Waals surface area contributed by atoms with E-state index in [0.29, 0.717) is 37.5 Å². The Labute approximate surface area is 205 Å². The summed E-state index contributed by atoms with van der Waals surface area (Å²) in [4.78, 5) is 34.9. The van der Waals surface area contributed by atoms with E-state index in [0.717, 1.165) is 31.4 Å². The number of piperidine rings is 1. The molecule has 1 N–H and O–H groups in total. The molecule has 2 saturated heterocycles. The second-order valence-electron chi connectivity index (χ2n) is 9.54. The predicted octanol–water partition coefficient (Wildman–Crippen LogP) is 4.77. The summed E-state index contributed by atoms with van der Waals surface area (Å²) < 4.78 is 19.7. The molecule has 0 unspecified atom stereocenters. The number of rotatable bonds is 4. The van der Waals surface area contributed by atoms with E-state index in [4.69, 9.17) is 9.73 Å². The molecular weight excluding hydrogens is 447 g/mol. The standard InChI is InChI=1S/C27H31FN4O3/c1-35-21-11-7-10-20(18-21)32-26(34)30-25(29-19-8-3-2-4-9-19)27(32)14-16-31(17-15-27)24(33)22-12-5-6-13-23(22)28/h5-7,10-13,18-19H,2-4,8-9,14-17H2,1H3,(H,29,30,34). The van der Waals surface area contributed by atoms with Crippen molar-refractivity contribution in [1.29, 1.82) is 0 Å². The van der Waals surface area contributed by atoms with Crippen LogP contribution in [0.15, 0.2) is 53.5 Å². The number of urea groups is 1. The number of aliphatic imine (C=N–C) groups is 1. The average molecular weight is 479 g/mol. The van der Waals surface area contributed by atoms with Crippen LogP contribution in [0.5, 0.6) is 5.75 Å². The third-order valence-electron chi connectivity index (χ3n) is 7.48. The Morgan fingerprint density at radius 3 is 2.54 bits per heavy atom. The average Bonchev–Trinajstić information content (AvgIpc) is 3.15. The van der Waals surface area contributed by atoms with Crippen LogP contribution in [-0.2, 0) is 0 Å². The lowest BCUT2D eigenvalue weighted by molar-refractivity contribution is 0.0695. The molecule has 0 bridgehead atoms. The minimum atomic E-state index is -0.688. The summed E-state index contributed by atoms with van der Waals surface area (Å²) in [6, 6.07) is 13.5. The van der Waals surface area contributed by atoms with E-state index >= 15 is 0 Å². The Morgan fingerprint density at radius 1 is 1.09 bits per heavy atom. The van der Waals surface area contributed by atoms with Gasteiger partial charge in [0.2, 0.25) is 0 Å². The third kappa shape index (κ3) is 4.37. The Hall–Kier alpha value is -3.42. The van der Waals surface area contributed by atoms with Gasteiger partial charge in [0.05, 0.1) is 24.4 Å². The number of halogens is 1. The summed E-state index contributed by atoms with van der Waals surface area (Å²) in [5.74, 6) is 0.507. The lowest BCUT2D eigenvalue weighted by Crippen LogP contribution is -2.58. The number of carbonyl (C=O) groups is 2. The zero-order chi connectivity index (χ0) is 24.4. The Balaban J connectivity index is 1.47. The molecule has 7 nitrogen and oxygen atoms in total. The Kier molecular flexibility index (Phi) is 6.45. The van der Waals surface area contributed by atoms with E-state index in [2.05, 4.69) is 5.32 Å². The molecule has 2 heterocycles. The molecular formula is C27H31FN4O3. The topological polar surface area (TPSA) is 74.2 Å². The maximum atomic E-state index is 14.3. The predicted molar refractivity (Wildman–Crippen MR) is 133 cm³/mol. The summed E-state index contributed by atoms with van der Waals surface area (Å²) in [7, 11) is 1.60. The monoisotopic (exact) mass is 478 g/mol. The molecule has 2 aliphatic heterocycles. The fraction of sp³-hybridized carbons (Fsp3) is 0.444. The van der Waals surface area contributed by atoms with E-state index in [-0.39, 0.29) is 23.5 Å². The maximum absolute atomic E-state index is 14.3. The number of carbonyl (C=O) groups excluding carboxylic acids is 2. The molecule has 1 spiro atoms. The van der Waals surface area contributed by atoms with E-state index < -0.39 is 11.4 Å². The highest BCUT2D eigenvalue weighted by molar-refractivity contribution is 6.19. The molecule has 2 aromatic rings. The van der Waals surface area contributed by atoms with Crippen LogP contribution in [0, 0.1) is 5.82 Å². The van der Waals surface area contributed by atoms with Gasteiger partial charge in [0.1, 0.15) is 22.9 Å². The number of likely N-dealkylation sites (tertiary alicyclic amines) is 1. The third-order valence-corrected chi connectivity index (χ3v) is 7.48. The van der Waals surface area contributed by atoms with Gasteiger partial charge < -0.3 is 9.64 Å². The van der Waals surface area contributed by atoms with Gasteiger partial charge in [0.15, 0.2) is 0 Å². The van der Waals surface area contributed by atoms with Gasteiger partial charge in [-0.25, -0.2) is 9.18 Å². The van der Waals surface area contributed by atoms with Gasteiger partial charge in [0, 0.05) is 19.2 Å². The first-order chi connectivity index (χ1) is 17.0. The molecule has 5 rings (SSSR count). The van der Waals surface area contributed by atoms with E-state index in [9.17, 15) is 14.0 Å². The van der Waals surface area contributed by atoms with E-state index in [1.807, 2.05) is 24.3 Å². The van der Waals surface area contributed by atoms with E-state index in [1.165, 1.54) is 18.6 Å². The van der Waals surface area contributed by atoms with Crippen LogP contribution in [-0.4, -0.2) is 54.5 Å². The lowest BCUT2D eigenvalue weighted by Gasteiger charge is -2.43. The van der Waals surface area contributed by atoms with Gasteiger partial charge in [0.25, 0.3) is 5.91 Å². The van der Waals surface area contributed by atoms with Crippen molar-refractivity contribution >= 4 is 23.5 Å². The summed E-state index contributed by atoms with van der Waals surface area (Å²) in [6.07, 6.45) is 6.57. The molecule has 2 aromatic carbocycles. The number of amides is 3. The van der Waals surface area contributed by atoms with Gasteiger partial charge in [-0.1, -0.05) is 37.5 Å². The number of ether oxygens (including phenoxy) is 1. The van der Waals surface area contributed by atoms with Crippen molar-refractivity contribution in [3.05, 3.63) is 59.9 Å². The minimum Gasteiger partial charge on any atom is -0.497 e. The highest BCUT2D eigenvalue weighted by Crippen LogP contribution is 2.40. The number of anilines is 1. The van der Waals surface area contributed by atoms with Gasteiger partial charge in [-0.3, -0.25) is 20.0 Å². The smallest absolute Gasteiger partial charge is 0.328 e. The maximum Gasteiger partial charge on any atom is 0.328 e. The van der Waals surface area contributed by atoms with Crippen molar-refractivity contribution in [2.24, 2.45) is 4.99 Å². The highest BCUT2D eigenvalue weighted by atomic mass is 19.1. The Bertz CT molecular complexity index is 1140. The number of nitrogens with zero attached hydrogens (tertiary/aromatic N) is 3. The first-order valence-corrected chi connectivity index (χ1v) is 12.4. The number of hydrogen-bond donors (Lipinski definition) is 1. The van der Waals surface area contributed by atoms with Crippen LogP contribution in [0.25, 0.3) is 0 Å². The molecule has 0 aromatic heterocycles. The molecule has 1 saturated carbocycles. The zero-order valence-corrected chi connectivity index (χ0v) is 20.0. The summed E-state index contributed by atoms with van der Waals surface area (Å²) in [5, 5.41) is 3.07. The molecule has 1 aliphatic carbocycles. The summed E-state index contributed by atoms with van der Waals surface area (Å²) in [5.41, 5.74) is 0.113. The van der Waals surface area contributed by atoms with Crippen LogP contribution in [0.2, 0.25) is 0 Å². The van der Waals surface area contributed by atoms with Crippen LogP contribution in [0.1, 0.15) is 55.3 Å². The summed E-state index contributed by atoms with van der Waals surface area (Å²) >= 11 is 0. The van der Waals surface area contributed by atoms with Crippen molar-refractivity contribution in [3.8, 4) is 5.75 Å².